The number of aromatic hydroxyl groups is 1. The molecule has 0 bridgehead atoms. The van der Waals surface area contributed by atoms with E-state index in [-0.39, 0.29) is 23.5 Å². The van der Waals surface area contributed by atoms with Crippen LogP contribution in [0.1, 0.15) is 27.6 Å². The van der Waals surface area contributed by atoms with E-state index < -0.39 is 11.9 Å². The minimum atomic E-state index is -0.659. The first-order chi connectivity index (χ1) is 7.60. The SMILES string of the molecule is CCOC(=O)c1ccc(C(=O)OC)c(O)c1. The van der Waals surface area contributed by atoms with E-state index in [0.29, 0.717) is 0 Å². The molecule has 0 aliphatic rings. The number of rotatable bonds is 3. The number of hydrogen-bond acceptors (Lipinski definition) is 5. The highest BCUT2D eigenvalue weighted by molar-refractivity contribution is 5.95. The Morgan fingerprint density at radius 1 is 1.31 bits per heavy atom. The molecule has 1 rings (SSSR count). The number of ether oxygens (including phenoxy) is 2. The van der Waals surface area contributed by atoms with Gasteiger partial charge in [-0.25, -0.2) is 9.59 Å². The summed E-state index contributed by atoms with van der Waals surface area (Å²) >= 11 is 0. The van der Waals surface area contributed by atoms with Gasteiger partial charge in [0.2, 0.25) is 0 Å². The van der Waals surface area contributed by atoms with Gasteiger partial charge in [0, 0.05) is 0 Å². The van der Waals surface area contributed by atoms with Crippen LogP contribution in [0.5, 0.6) is 5.75 Å². The largest absolute Gasteiger partial charge is 0.507 e. The highest BCUT2D eigenvalue weighted by Gasteiger charge is 2.14. The Morgan fingerprint density at radius 3 is 2.50 bits per heavy atom. The highest BCUT2D eigenvalue weighted by Crippen LogP contribution is 2.20. The number of carbonyl (C=O) groups is 2. The van der Waals surface area contributed by atoms with Crippen LogP contribution in [0.2, 0.25) is 0 Å². The molecule has 0 radical (unpaired) electrons. The van der Waals surface area contributed by atoms with E-state index in [1.165, 1.54) is 25.3 Å². The summed E-state index contributed by atoms with van der Waals surface area (Å²) in [6, 6.07) is 3.88. The molecule has 5 nitrogen and oxygen atoms in total. The van der Waals surface area contributed by atoms with Gasteiger partial charge in [0.25, 0.3) is 0 Å². The molecule has 0 unspecified atom stereocenters. The summed E-state index contributed by atoms with van der Waals surface area (Å²) in [4.78, 5) is 22.4. The molecule has 0 heterocycles. The molecule has 0 aromatic heterocycles. The monoisotopic (exact) mass is 224 g/mol. The lowest BCUT2D eigenvalue weighted by Crippen LogP contribution is -2.06. The quantitative estimate of drug-likeness (QED) is 0.784. The van der Waals surface area contributed by atoms with Crippen LogP contribution >= 0.6 is 0 Å². The van der Waals surface area contributed by atoms with Crippen LogP contribution in [0.25, 0.3) is 0 Å². The van der Waals surface area contributed by atoms with Crippen molar-refractivity contribution in [1.82, 2.24) is 0 Å². The molecule has 0 fully saturated rings. The fourth-order valence-corrected chi connectivity index (χ4v) is 1.16. The lowest BCUT2D eigenvalue weighted by Gasteiger charge is -2.05. The van der Waals surface area contributed by atoms with Gasteiger partial charge >= 0.3 is 11.9 Å². The smallest absolute Gasteiger partial charge is 0.341 e. The molecule has 0 saturated heterocycles. The van der Waals surface area contributed by atoms with Gasteiger partial charge in [-0.05, 0) is 25.1 Å². The van der Waals surface area contributed by atoms with E-state index in [0.717, 1.165) is 0 Å². The average Bonchev–Trinajstić information content (AvgIpc) is 2.28. The van der Waals surface area contributed by atoms with Crippen molar-refractivity contribution in [2.24, 2.45) is 0 Å². The Hall–Kier alpha value is -2.04. The van der Waals surface area contributed by atoms with Gasteiger partial charge < -0.3 is 14.6 Å². The normalized spacial score (nSPS) is 9.62. The zero-order valence-corrected chi connectivity index (χ0v) is 9.02. The average molecular weight is 224 g/mol. The second-order valence-corrected chi connectivity index (χ2v) is 2.94. The molecule has 1 aromatic carbocycles. The van der Waals surface area contributed by atoms with Crippen LogP contribution in [0, 0.1) is 0 Å². The minimum Gasteiger partial charge on any atom is -0.507 e. The number of benzene rings is 1. The Morgan fingerprint density at radius 2 is 2.00 bits per heavy atom. The molecular formula is C11H12O5. The van der Waals surface area contributed by atoms with Gasteiger partial charge in [-0.15, -0.1) is 0 Å². The van der Waals surface area contributed by atoms with Crippen LogP contribution < -0.4 is 0 Å². The van der Waals surface area contributed by atoms with Crippen molar-refractivity contribution in [3.8, 4) is 5.75 Å². The fraction of sp³-hybridized carbons (Fsp3) is 0.273. The van der Waals surface area contributed by atoms with E-state index in [1.807, 2.05) is 0 Å². The molecule has 1 aromatic rings. The standard InChI is InChI=1S/C11H12O5/c1-3-16-10(13)7-4-5-8(9(12)6-7)11(14)15-2/h4-6,12H,3H2,1-2H3. The predicted molar refractivity (Wildman–Crippen MR) is 55.4 cm³/mol. The van der Waals surface area contributed by atoms with E-state index in [2.05, 4.69) is 4.74 Å². The summed E-state index contributed by atoms with van der Waals surface area (Å²) < 4.78 is 9.19. The maximum atomic E-state index is 11.3. The number of phenols is 1. The summed E-state index contributed by atoms with van der Waals surface area (Å²) in [6.45, 7) is 1.93. The molecule has 0 atom stereocenters. The minimum absolute atomic E-state index is 0.00977. The Bertz CT molecular complexity index is 411. The number of hydrogen-bond donors (Lipinski definition) is 1. The van der Waals surface area contributed by atoms with Crippen molar-refractivity contribution in [3.63, 3.8) is 0 Å². The van der Waals surface area contributed by atoms with Crippen molar-refractivity contribution in [2.75, 3.05) is 13.7 Å². The molecule has 0 aliphatic heterocycles. The summed E-state index contributed by atoms with van der Waals surface area (Å²) in [5.41, 5.74) is 0.197. The number of esters is 2. The third-order valence-corrected chi connectivity index (χ3v) is 1.91. The maximum absolute atomic E-state index is 11.3. The van der Waals surface area contributed by atoms with Gasteiger partial charge in [-0.3, -0.25) is 0 Å². The van der Waals surface area contributed by atoms with Crippen molar-refractivity contribution >= 4 is 11.9 Å². The third kappa shape index (κ3) is 2.50. The molecule has 16 heavy (non-hydrogen) atoms. The summed E-state index contributed by atoms with van der Waals surface area (Å²) in [5, 5.41) is 9.50. The summed E-state index contributed by atoms with van der Waals surface area (Å²) in [6.07, 6.45) is 0. The molecule has 1 N–H and O–H groups in total. The summed E-state index contributed by atoms with van der Waals surface area (Å²) in [7, 11) is 1.21. The predicted octanol–water partition coefficient (Wildman–Crippen LogP) is 1.36. The maximum Gasteiger partial charge on any atom is 0.341 e. The zero-order valence-electron chi connectivity index (χ0n) is 9.02. The van der Waals surface area contributed by atoms with Gasteiger partial charge in [-0.1, -0.05) is 0 Å². The lowest BCUT2D eigenvalue weighted by atomic mass is 10.1. The first-order valence-electron chi connectivity index (χ1n) is 4.68. The molecule has 0 spiro atoms. The molecule has 5 heteroatoms. The van der Waals surface area contributed by atoms with E-state index >= 15 is 0 Å². The van der Waals surface area contributed by atoms with Crippen molar-refractivity contribution in [1.29, 1.82) is 0 Å². The Balaban J connectivity index is 2.99. The molecule has 0 amide bonds. The third-order valence-electron chi connectivity index (χ3n) is 1.91. The number of carbonyl (C=O) groups excluding carboxylic acids is 2. The van der Waals surface area contributed by atoms with Crippen LogP contribution in [0.15, 0.2) is 18.2 Å². The second-order valence-electron chi connectivity index (χ2n) is 2.94. The van der Waals surface area contributed by atoms with Gasteiger partial charge in [0.05, 0.1) is 19.3 Å². The first-order valence-corrected chi connectivity index (χ1v) is 4.68. The molecule has 0 saturated carbocycles. The van der Waals surface area contributed by atoms with E-state index in [9.17, 15) is 14.7 Å². The second kappa shape index (κ2) is 5.16. The van der Waals surface area contributed by atoms with Crippen LogP contribution in [-0.4, -0.2) is 30.8 Å². The van der Waals surface area contributed by atoms with Crippen molar-refractivity contribution < 1.29 is 24.2 Å². The Kier molecular flexibility index (Phi) is 3.88. The molecule has 86 valence electrons. The number of methoxy groups -OCH3 is 1. The fourth-order valence-electron chi connectivity index (χ4n) is 1.16. The van der Waals surface area contributed by atoms with Crippen LogP contribution in [0.4, 0.5) is 0 Å². The van der Waals surface area contributed by atoms with Gasteiger partial charge in [0.1, 0.15) is 11.3 Å². The molecular weight excluding hydrogens is 212 g/mol. The van der Waals surface area contributed by atoms with E-state index in [1.54, 1.807) is 6.92 Å². The number of phenolic OH excluding ortho intramolecular Hbond substituents is 1. The van der Waals surface area contributed by atoms with Crippen LogP contribution in [0.3, 0.4) is 0 Å². The van der Waals surface area contributed by atoms with E-state index in [4.69, 9.17) is 4.74 Å². The van der Waals surface area contributed by atoms with Gasteiger partial charge in [0.15, 0.2) is 0 Å². The molecule has 0 aliphatic carbocycles. The highest BCUT2D eigenvalue weighted by atomic mass is 16.5. The first kappa shape index (κ1) is 12.0. The van der Waals surface area contributed by atoms with Crippen molar-refractivity contribution in [2.45, 2.75) is 6.92 Å². The van der Waals surface area contributed by atoms with Gasteiger partial charge in [-0.2, -0.15) is 0 Å². The zero-order chi connectivity index (χ0) is 12.1. The van der Waals surface area contributed by atoms with Crippen LogP contribution in [-0.2, 0) is 9.47 Å². The topological polar surface area (TPSA) is 72.8 Å². The lowest BCUT2D eigenvalue weighted by molar-refractivity contribution is 0.0522. The Labute approximate surface area is 92.6 Å². The van der Waals surface area contributed by atoms with Crippen molar-refractivity contribution in [3.05, 3.63) is 29.3 Å². The summed E-state index contributed by atoms with van der Waals surface area (Å²) in [5.74, 6) is -1.51.